The number of hydrogen-bond acceptors (Lipinski definition) is 4. The molecule has 2 aromatic rings. The van der Waals surface area contributed by atoms with Crippen LogP contribution in [-0.4, -0.2) is 25.7 Å². The number of hydrogen-bond donors (Lipinski definition) is 0. The van der Waals surface area contributed by atoms with Crippen molar-refractivity contribution in [2.24, 2.45) is 10.2 Å². The second-order valence-corrected chi connectivity index (χ2v) is 4.39. The van der Waals surface area contributed by atoms with E-state index in [0.29, 0.717) is 11.1 Å². The molecule has 8 heteroatoms. The second-order valence-electron chi connectivity index (χ2n) is 4.39. The van der Waals surface area contributed by atoms with Crippen LogP contribution in [0.1, 0.15) is 11.1 Å². The lowest BCUT2D eigenvalue weighted by atomic mass is 10.2. The van der Waals surface area contributed by atoms with Gasteiger partial charge < -0.3 is 9.47 Å². The van der Waals surface area contributed by atoms with Crippen molar-refractivity contribution in [2.45, 2.75) is 13.2 Å². The first kappa shape index (κ1) is 17.5. The summed E-state index contributed by atoms with van der Waals surface area (Å²) in [6, 6.07) is 11.9. The molecular weight excluding hydrogens is 328 g/mol. The molecule has 24 heavy (non-hydrogen) atoms. The zero-order valence-electron chi connectivity index (χ0n) is 12.2. The molecule has 0 aliphatic heterocycles. The van der Waals surface area contributed by atoms with Gasteiger partial charge in [-0.15, -0.1) is 0 Å². The van der Waals surface area contributed by atoms with Gasteiger partial charge in [0.2, 0.25) is 0 Å². The van der Waals surface area contributed by atoms with Crippen molar-refractivity contribution in [1.29, 1.82) is 0 Å². The minimum atomic E-state index is -2.90. The van der Waals surface area contributed by atoms with Gasteiger partial charge in [0.25, 0.3) is 0 Å². The van der Waals surface area contributed by atoms with Crippen LogP contribution in [0.2, 0.25) is 0 Å². The molecule has 2 rings (SSSR count). The third-order valence-corrected chi connectivity index (χ3v) is 2.65. The highest BCUT2D eigenvalue weighted by molar-refractivity contribution is 5.83. The van der Waals surface area contributed by atoms with Crippen molar-refractivity contribution >= 4 is 12.4 Å². The van der Waals surface area contributed by atoms with Gasteiger partial charge in [-0.05, 0) is 35.4 Å². The molecule has 0 fully saturated rings. The van der Waals surface area contributed by atoms with E-state index < -0.39 is 13.2 Å². The number of nitrogens with zero attached hydrogens (tertiary/aromatic N) is 2. The lowest BCUT2D eigenvalue weighted by Gasteiger charge is -2.04. The molecule has 0 radical (unpaired) electrons. The Bertz CT molecular complexity index is 659. The van der Waals surface area contributed by atoms with Crippen LogP contribution in [-0.2, 0) is 0 Å². The Hall–Kier alpha value is -2.90. The lowest BCUT2D eigenvalue weighted by molar-refractivity contribution is -0.0505. The summed E-state index contributed by atoms with van der Waals surface area (Å²) in [5, 5.41) is 7.52. The van der Waals surface area contributed by atoms with Crippen LogP contribution in [0.5, 0.6) is 11.5 Å². The molecule has 0 aliphatic rings. The lowest BCUT2D eigenvalue weighted by Crippen LogP contribution is -2.02. The first-order valence-electron chi connectivity index (χ1n) is 6.69. The molecule has 0 amide bonds. The number of alkyl halides is 4. The highest BCUT2D eigenvalue weighted by atomic mass is 19.3. The number of ether oxygens (including phenoxy) is 2. The molecule has 0 saturated heterocycles. The van der Waals surface area contributed by atoms with Crippen LogP contribution in [0.25, 0.3) is 0 Å². The fourth-order valence-corrected chi connectivity index (χ4v) is 1.74. The van der Waals surface area contributed by atoms with Gasteiger partial charge in [-0.2, -0.15) is 27.8 Å². The Morgan fingerprint density at radius 3 is 1.50 bits per heavy atom. The van der Waals surface area contributed by atoms with Crippen LogP contribution in [0.4, 0.5) is 17.6 Å². The van der Waals surface area contributed by atoms with Gasteiger partial charge in [0.15, 0.2) is 0 Å². The number of halogens is 4. The van der Waals surface area contributed by atoms with Gasteiger partial charge >= 0.3 is 13.2 Å². The van der Waals surface area contributed by atoms with Gasteiger partial charge in [-0.25, -0.2) is 0 Å². The van der Waals surface area contributed by atoms with E-state index in [2.05, 4.69) is 19.7 Å². The first-order chi connectivity index (χ1) is 11.5. The third-order valence-electron chi connectivity index (χ3n) is 2.65. The molecule has 0 N–H and O–H groups in total. The second kappa shape index (κ2) is 8.66. The zero-order valence-corrected chi connectivity index (χ0v) is 12.2. The van der Waals surface area contributed by atoms with Crippen molar-refractivity contribution in [3.05, 3.63) is 59.7 Å². The summed E-state index contributed by atoms with van der Waals surface area (Å²) in [7, 11) is 0. The molecule has 2 aromatic carbocycles. The Morgan fingerprint density at radius 1 is 0.708 bits per heavy atom. The van der Waals surface area contributed by atoms with Gasteiger partial charge in [0.1, 0.15) is 11.5 Å². The summed E-state index contributed by atoms with van der Waals surface area (Å²) in [5.74, 6) is 0.0181. The van der Waals surface area contributed by atoms with Gasteiger partial charge in [0, 0.05) is 0 Å². The fraction of sp³-hybridized carbons (Fsp3) is 0.125. The summed E-state index contributed by atoms with van der Waals surface area (Å²) in [6.45, 7) is -5.81. The third kappa shape index (κ3) is 6.07. The maximum absolute atomic E-state index is 12.1. The molecule has 0 spiro atoms. The average Bonchev–Trinajstić information content (AvgIpc) is 2.51. The Kier molecular flexibility index (Phi) is 6.30. The predicted octanol–water partition coefficient (Wildman–Crippen LogP) is 4.34. The van der Waals surface area contributed by atoms with E-state index in [9.17, 15) is 17.6 Å². The molecule has 0 aliphatic carbocycles. The van der Waals surface area contributed by atoms with Crippen molar-refractivity contribution in [3.8, 4) is 11.5 Å². The van der Waals surface area contributed by atoms with Gasteiger partial charge in [-0.3, -0.25) is 0 Å². The average molecular weight is 340 g/mol. The summed E-state index contributed by atoms with van der Waals surface area (Å²) in [4.78, 5) is 0. The number of rotatable bonds is 7. The molecule has 0 unspecified atom stereocenters. The number of benzene rings is 2. The van der Waals surface area contributed by atoms with Crippen molar-refractivity contribution in [1.82, 2.24) is 0 Å². The van der Waals surface area contributed by atoms with E-state index in [1.165, 1.54) is 48.8 Å². The van der Waals surface area contributed by atoms with Crippen LogP contribution in [0.3, 0.4) is 0 Å². The fourth-order valence-electron chi connectivity index (χ4n) is 1.74. The van der Waals surface area contributed by atoms with E-state index in [4.69, 9.17) is 0 Å². The molecule has 0 heterocycles. The molecule has 126 valence electrons. The van der Waals surface area contributed by atoms with Crippen LogP contribution >= 0.6 is 0 Å². The topological polar surface area (TPSA) is 43.2 Å². The normalized spacial score (nSPS) is 11.8. The Labute approximate surface area is 135 Å². The van der Waals surface area contributed by atoms with Gasteiger partial charge in [0.05, 0.1) is 12.4 Å². The van der Waals surface area contributed by atoms with Gasteiger partial charge in [-0.1, -0.05) is 24.3 Å². The summed E-state index contributed by atoms with van der Waals surface area (Å²) in [6.07, 6.45) is 2.68. The smallest absolute Gasteiger partial charge is 0.387 e. The minimum absolute atomic E-state index is 0.00905. The molecule has 0 atom stereocenters. The van der Waals surface area contributed by atoms with Crippen LogP contribution < -0.4 is 9.47 Å². The quantitative estimate of drug-likeness (QED) is 0.427. The van der Waals surface area contributed by atoms with Crippen molar-refractivity contribution < 1.29 is 27.0 Å². The maximum atomic E-state index is 12.1. The summed E-state index contributed by atoms with van der Waals surface area (Å²) >= 11 is 0. The van der Waals surface area contributed by atoms with Crippen LogP contribution in [0.15, 0.2) is 58.7 Å². The zero-order chi connectivity index (χ0) is 17.4. The Morgan fingerprint density at radius 2 is 1.12 bits per heavy atom. The van der Waals surface area contributed by atoms with Crippen LogP contribution in [0, 0.1) is 0 Å². The maximum Gasteiger partial charge on any atom is 0.387 e. The highest BCUT2D eigenvalue weighted by Gasteiger charge is 2.04. The van der Waals surface area contributed by atoms with Crippen molar-refractivity contribution in [2.75, 3.05) is 0 Å². The van der Waals surface area contributed by atoms with E-state index in [1.54, 1.807) is 12.1 Å². The molecular formula is C16H12F4N2O2. The SMILES string of the molecule is FC(F)Oc1cccc(/C=N\N=C/c2cccc(OC(F)F)c2)c1. The van der Waals surface area contributed by atoms with E-state index >= 15 is 0 Å². The van der Waals surface area contributed by atoms with E-state index in [1.807, 2.05) is 0 Å². The molecule has 0 aromatic heterocycles. The Balaban J connectivity index is 1.99. The summed E-state index contributed by atoms with van der Waals surface area (Å²) in [5.41, 5.74) is 1.03. The van der Waals surface area contributed by atoms with E-state index in [0.717, 1.165) is 0 Å². The monoisotopic (exact) mass is 340 g/mol. The minimum Gasteiger partial charge on any atom is -0.435 e. The van der Waals surface area contributed by atoms with Crippen molar-refractivity contribution in [3.63, 3.8) is 0 Å². The standard InChI is InChI=1S/C16H12F4N2O2/c17-15(18)23-13-5-1-3-11(7-13)9-21-22-10-12-4-2-6-14(8-12)24-16(19)20/h1-10,15-16H/b21-9-,22-10-. The summed E-state index contributed by atoms with van der Waals surface area (Å²) < 4.78 is 57.0. The highest BCUT2D eigenvalue weighted by Crippen LogP contribution is 2.16. The van der Waals surface area contributed by atoms with E-state index in [-0.39, 0.29) is 11.5 Å². The predicted molar refractivity (Wildman–Crippen MR) is 81.3 cm³/mol. The largest absolute Gasteiger partial charge is 0.435 e. The first-order valence-corrected chi connectivity index (χ1v) is 6.69. The molecule has 0 bridgehead atoms. The molecule has 0 saturated carbocycles. The molecule has 4 nitrogen and oxygen atoms in total.